The summed E-state index contributed by atoms with van der Waals surface area (Å²) in [6, 6.07) is 15.2. The van der Waals surface area contributed by atoms with Gasteiger partial charge in [-0.3, -0.25) is 9.59 Å². The van der Waals surface area contributed by atoms with E-state index in [0.717, 1.165) is 12.8 Å². The van der Waals surface area contributed by atoms with Gasteiger partial charge in [-0.05, 0) is 30.7 Å². The lowest BCUT2D eigenvalue weighted by atomic mass is 9.99. The number of nitrogens with one attached hydrogen (secondary N) is 1. The van der Waals surface area contributed by atoms with E-state index in [4.69, 9.17) is 11.6 Å². The molecule has 0 saturated heterocycles. The molecular weight excluding hydrogens is 310 g/mol. The molecule has 0 radical (unpaired) electrons. The molecule has 1 amide bonds. The maximum Gasteiger partial charge on any atom is 0.251 e. The molecule has 3 nitrogen and oxygen atoms in total. The molecule has 0 spiro atoms. The van der Waals surface area contributed by atoms with Crippen LogP contribution in [0.15, 0.2) is 54.6 Å². The average Bonchev–Trinajstić information content (AvgIpc) is 2.58. The van der Waals surface area contributed by atoms with E-state index >= 15 is 0 Å². The standard InChI is InChI=1S/C19H20ClNO2/c1-2-3-12-17(18(22)15-10-7-11-16(20)13-15)21-19(23)14-8-5-4-6-9-14/h4-11,13,17H,2-3,12H2,1H3,(H,21,23)/t17-/m0/s1. The van der Waals surface area contributed by atoms with Crippen molar-refractivity contribution in [1.82, 2.24) is 5.32 Å². The molecule has 23 heavy (non-hydrogen) atoms. The quantitative estimate of drug-likeness (QED) is 0.759. The number of benzene rings is 2. The first-order chi connectivity index (χ1) is 11.1. The Morgan fingerprint density at radius 1 is 1.04 bits per heavy atom. The van der Waals surface area contributed by atoms with Gasteiger partial charge in [0.15, 0.2) is 5.78 Å². The molecule has 0 aliphatic rings. The van der Waals surface area contributed by atoms with Crippen LogP contribution >= 0.6 is 11.6 Å². The lowest BCUT2D eigenvalue weighted by Gasteiger charge is -2.18. The van der Waals surface area contributed by atoms with Crippen LogP contribution in [-0.2, 0) is 0 Å². The van der Waals surface area contributed by atoms with E-state index in [1.165, 1.54) is 0 Å². The number of rotatable bonds is 7. The molecule has 0 aromatic heterocycles. The third-order valence-corrected chi connectivity index (χ3v) is 3.85. The number of unbranched alkanes of at least 4 members (excludes halogenated alkanes) is 1. The van der Waals surface area contributed by atoms with Crippen molar-refractivity contribution in [3.8, 4) is 0 Å². The highest BCUT2D eigenvalue weighted by Gasteiger charge is 2.22. The molecule has 0 bridgehead atoms. The van der Waals surface area contributed by atoms with Crippen molar-refractivity contribution in [3.05, 3.63) is 70.7 Å². The molecule has 2 aromatic carbocycles. The molecule has 2 rings (SSSR count). The van der Waals surface area contributed by atoms with Gasteiger partial charge >= 0.3 is 0 Å². The second-order valence-electron chi connectivity index (χ2n) is 5.41. The fourth-order valence-corrected chi connectivity index (χ4v) is 2.54. The van der Waals surface area contributed by atoms with Gasteiger partial charge in [0.2, 0.25) is 0 Å². The van der Waals surface area contributed by atoms with Crippen molar-refractivity contribution in [3.63, 3.8) is 0 Å². The first-order valence-electron chi connectivity index (χ1n) is 7.77. The molecule has 2 aromatic rings. The first kappa shape index (κ1) is 17.2. The predicted molar refractivity (Wildman–Crippen MR) is 93.0 cm³/mol. The fourth-order valence-electron chi connectivity index (χ4n) is 2.35. The van der Waals surface area contributed by atoms with E-state index in [1.807, 2.05) is 6.07 Å². The van der Waals surface area contributed by atoms with E-state index in [9.17, 15) is 9.59 Å². The largest absolute Gasteiger partial charge is 0.342 e. The summed E-state index contributed by atoms with van der Waals surface area (Å²) in [7, 11) is 0. The molecule has 0 saturated carbocycles. The summed E-state index contributed by atoms with van der Waals surface area (Å²) in [5.41, 5.74) is 1.07. The van der Waals surface area contributed by atoms with Crippen molar-refractivity contribution >= 4 is 23.3 Å². The number of hydrogen-bond donors (Lipinski definition) is 1. The van der Waals surface area contributed by atoms with Crippen molar-refractivity contribution in [2.45, 2.75) is 32.2 Å². The van der Waals surface area contributed by atoms with Crippen molar-refractivity contribution in [2.75, 3.05) is 0 Å². The summed E-state index contributed by atoms with van der Waals surface area (Å²) in [5, 5.41) is 3.37. The zero-order valence-electron chi connectivity index (χ0n) is 13.1. The molecule has 4 heteroatoms. The summed E-state index contributed by atoms with van der Waals surface area (Å²) in [6.45, 7) is 2.06. The van der Waals surface area contributed by atoms with E-state index < -0.39 is 6.04 Å². The van der Waals surface area contributed by atoms with Gasteiger partial charge in [0.25, 0.3) is 5.91 Å². The summed E-state index contributed by atoms with van der Waals surface area (Å²) in [4.78, 5) is 25.0. The summed E-state index contributed by atoms with van der Waals surface area (Å²) >= 11 is 5.96. The van der Waals surface area contributed by atoms with Crippen LogP contribution in [0.4, 0.5) is 0 Å². The normalized spacial score (nSPS) is 11.7. The number of amides is 1. The minimum atomic E-state index is -0.541. The van der Waals surface area contributed by atoms with Crippen LogP contribution in [-0.4, -0.2) is 17.7 Å². The maximum atomic E-state index is 12.7. The number of Topliss-reactive ketones (excluding diaryl/α,β-unsaturated/α-hetero) is 1. The highest BCUT2D eigenvalue weighted by atomic mass is 35.5. The smallest absolute Gasteiger partial charge is 0.251 e. The summed E-state index contributed by atoms with van der Waals surface area (Å²) < 4.78 is 0. The number of carbonyl (C=O) groups is 2. The molecule has 0 heterocycles. The second kappa shape index (κ2) is 8.49. The monoisotopic (exact) mass is 329 g/mol. The maximum absolute atomic E-state index is 12.7. The fraction of sp³-hybridized carbons (Fsp3) is 0.263. The molecule has 0 aliphatic heterocycles. The lowest BCUT2D eigenvalue weighted by molar-refractivity contribution is 0.0851. The minimum absolute atomic E-state index is 0.106. The van der Waals surface area contributed by atoms with Crippen molar-refractivity contribution in [2.24, 2.45) is 0 Å². The van der Waals surface area contributed by atoms with Crippen LogP contribution in [0.2, 0.25) is 5.02 Å². The van der Waals surface area contributed by atoms with Gasteiger partial charge in [0.05, 0.1) is 6.04 Å². The van der Waals surface area contributed by atoms with Crippen molar-refractivity contribution < 1.29 is 9.59 Å². The lowest BCUT2D eigenvalue weighted by Crippen LogP contribution is -2.40. The molecule has 1 atom stereocenters. The van der Waals surface area contributed by atoms with Gasteiger partial charge in [0.1, 0.15) is 0 Å². The highest BCUT2D eigenvalue weighted by molar-refractivity contribution is 6.31. The van der Waals surface area contributed by atoms with Gasteiger partial charge in [0, 0.05) is 16.1 Å². The number of ketones is 1. The van der Waals surface area contributed by atoms with E-state index in [0.29, 0.717) is 22.6 Å². The van der Waals surface area contributed by atoms with Gasteiger partial charge in [-0.2, -0.15) is 0 Å². The van der Waals surface area contributed by atoms with Gasteiger partial charge in [-0.15, -0.1) is 0 Å². The van der Waals surface area contributed by atoms with Gasteiger partial charge in [-0.25, -0.2) is 0 Å². The van der Waals surface area contributed by atoms with Crippen LogP contribution in [0, 0.1) is 0 Å². The van der Waals surface area contributed by atoms with Crippen LogP contribution in [0.25, 0.3) is 0 Å². The Morgan fingerprint density at radius 2 is 1.74 bits per heavy atom. The topological polar surface area (TPSA) is 46.2 Å². The van der Waals surface area contributed by atoms with E-state index in [1.54, 1.807) is 48.5 Å². The number of halogens is 1. The van der Waals surface area contributed by atoms with Crippen LogP contribution in [0.1, 0.15) is 46.9 Å². The molecule has 120 valence electrons. The van der Waals surface area contributed by atoms with Crippen LogP contribution in [0.3, 0.4) is 0 Å². The van der Waals surface area contributed by atoms with Gasteiger partial charge in [-0.1, -0.05) is 61.7 Å². The Hall–Kier alpha value is -2.13. The first-order valence-corrected chi connectivity index (χ1v) is 8.15. The zero-order valence-corrected chi connectivity index (χ0v) is 13.8. The van der Waals surface area contributed by atoms with E-state index in [2.05, 4.69) is 12.2 Å². The Kier molecular flexibility index (Phi) is 6.36. The third-order valence-electron chi connectivity index (χ3n) is 3.61. The van der Waals surface area contributed by atoms with E-state index in [-0.39, 0.29) is 11.7 Å². The molecule has 0 unspecified atom stereocenters. The zero-order chi connectivity index (χ0) is 16.7. The Labute approximate surface area is 141 Å². The number of hydrogen-bond acceptors (Lipinski definition) is 2. The third kappa shape index (κ3) is 4.93. The minimum Gasteiger partial charge on any atom is -0.342 e. The predicted octanol–water partition coefficient (Wildman–Crippen LogP) is 4.51. The second-order valence-corrected chi connectivity index (χ2v) is 5.85. The van der Waals surface area contributed by atoms with Crippen molar-refractivity contribution in [1.29, 1.82) is 0 Å². The SMILES string of the molecule is CCCC[C@H](NC(=O)c1ccccc1)C(=O)c1cccc(Cl)c1. The molecule has 1 N–H and O–H groups in total. The highest BCUT2D eigenvalue weighted by Crippen LogP contribution is 2.15. The Balaban J connectivity index is 2.16. The summed E-state index contributed by atoms with van der Waals surface area (Å²) in [6.07, 6.45) is 2.44. The van der Waals surface area contributed by atoms with Crippen LogP contribution < -0.4 is 5.32 Å². The Bertz CT molecular complexity index is 670. The number of carbonyl (C=O) groups excluding carboxylic acids is 2. The molecule has 0 aliphatic carbocycles. The summed E-state index contributed by atoms with van der Waals surface area (Å²) in [5.74, 6) is -0.340. The van der Waals surface area contributed by atoms with Gasteiger partial charge < -0.3 is 5.32 Å². The van der Waals surface area contributed by atoms with Crippen LogP contribution in [0.5, 0.6) is 0 Å². The Morgan fingerprint density at radius 3 is 2.39 bits per heavy atom. The average molecular weight is 330 g/mol. The molecular formula is C19H20ClNO2. The molecule has 0 fully saturated rings.